The van der Waals surface area contributed by atoms with E-state index in [1.54, 1.807) is 29.0 Å². The highest BCUT2D eigenvalue weighted by Gasteiger charge is 1.89. The van der Waals surface area contributed by atoms with Crippen molar-refractivity contribution in [1.29, 1.82) is 0 Å². The van der Waals surface area contributed by atoms with Crippen LogP contribution in [0.3, 0.4) is 0 Å². The van der Waals surface area contributed by atoms with Crippen LogP contribution in [0, 0.1) is 0 Å². The maximum atomic E-state index is 8.96. The standard InChI is InChI=1S/C15H20N6O/c1-14(7-3-5-9-16-2)19-17-13-18-20-15-8-4-6-10-21(15)11-12-22/h3-10,13,16,22H,1,11-12H2,2H3/b7-3-,9-5-,18-13+,19-17+,20-15+. The fraction of sp³-hybridized carbons (Fsp3) is 0.200. The molecule has 0 radical (unpaired) electrons. The molecule has 1 heterocycles. The van der Waals surface area contributed by atoms with Crippen LogP contribution in [0.4, 0.5) is 0 Å². The maximum absolute atomic E-state index is 8.96. The second-order valence-electron chi connectivity index (χ2n) is 4.02. The van der Waals surface area contributed by atoms with E-state index in [0.717, 1.165) is 0 Å². The van der Waals surface area contributed by atoms with E-state index in [9.17, 15) is 0 Å². The van der Waals surface area contributed by atoms with Gasteiger partial charge in [-0.3, -0.25) is 0 Å². The number of rotatable bonds is 8. The number of nitrogens with zero attached hydrogens (tertiary/aromatic N) is 5. The Morgan fingerprint density at radius 3 is 3.05 bits per heavy atom. The predicted molar refractivity (Wildman–Crippen MR) is 86.9 cm³/mol. The van der Waals surface area contributed by atoms with Gasteiger partial charge in [0.15, 0.2) is 11.8 Å². The van der Waals surface area contributed by atoms with Gasteiger partial charge in [-0.2, -0.15) is 5.11 Å². The van der Waals surface area contributed by atoms with Gasteiger partial charge in [-0.25, -0.2) is 0 Å². The minimum absolute atomic E-state index is 0.0365. The van der Waals surface area contributed by atoms with Crippen LogP contribution in [0.25, 0.3) is 0 Å². The average molecular weight is 300 g/mol. The molecule has 0 saturated carbocycles. The van der Waals surface area contributed by atoms with Gasteiger partial charge in [0.2, 0.25) is 0 Å². The third-order valence-electron chi connectivity index (χ3n) is 2.37. The lowest BCUT2D eigenvalue weighted by Crippen LogP contribution is -2.20. The average Bonchev–Trinajstić information content (AvgIpc) is 2.53. The van der Waals surface area contributed by atoms with Crippen molar-refractivity contribution in [2.45, 2.75) is 6.54 Å². The number of allylic oxidation sites excluding steroid dienone is 3. The van der Waals surface area contributed by atoms with Crippen molar-refractivity contribution in [3.8, 4) is 0 Å². The molecule has 7 heteroatoms. The number of aromatic nitrogens is 1. The molecule has 22 heavy (non-hydrogen) atoms. The Hall–Kier alpha value is -2.80. The van der Waals surface area contributed by atoms with E-state index in [2.05, 4.69) is 32.3 Å². The summed E-state index contributed by atoms with van der Waals surface area (Å²) in [6.45, 7) is 4.21. The molecule has 2 N–H and O–H groups in total. The molecule has 0 aliphatic carbocycles. The Labute approximate surface area is 129 Å². The number of nitrogens with one attached hydrogen (secondary N) is 1. The lowest BCUT2D eigenvalue weighted by molar-refractivity contribution is 0.273. The molecule has 116 valence electrons. The van der Waals surface area contributed by atoms with E-state index < -0.39 is 0 Å². The van der Waals surface area contributed by atoms with Gasteiger partial charge in [0.1, 0.15) is 0 Å². The molecule has 0 spiro atoms. The van der Waals surface area contributed by atoms with Crippen LogP contribution in [0.1, 0.15) is 0 Å². The molecule has 0 saturated heterocycles. The van der Waals surface area contributed by atoms with Gasteiger partial charge in [0.25, 0.3) is 0 Å². The second kappa shape index (κ2) is 10.9. The third kappa shape index (κ3) is 7.11. The molecule has 0 atom stereocenters. The fourth-order valence-electron chi connectivity index (χ4n) is 1.41. The van der Waals surface area contributed by atoms with Crippen molar-refractivity contribution < 1.29 is 5.11 Å². The third-order valence-corrected chi connectivity index (χ3v) is 2.37. The molecule has 0 bridgehead atoms. The predicted octanol–water partition coefficient (Wildman–Crippen LogP) is 1.58. The molecule has 1 aromatic heterocycles. The summed E-state index contributed by atoms with van der Waals surface area (Å²) in [5, 5.41) is 27.2. The first-order valence-electron chi connectivity index (χ1n) is 6.70. The minimum atomic E-state index is 0.0365. The number of azo groups is 1. The summed E-state index contributed by atoms with van der Waals surface area (Å²) in [6, 6.07) is 5.49. The molecule has 0 aliphatic heterocycles. The van der Waals surface area contributed by atoms with Crippen molar-refractivity contribution >= 4 is 6.34 Å². The maximum Gasteiger partial charge on any atom is 0.160 e. The summed E-state index contributed by atoms with van der Waals surface area (Å²) >= 11 is 0. The molecular weight excluding hydrogens is 280 g/mol. The zero-order valence-corrected chi connectivity index (χ0v) is 12.5. The first-order chi connectivity index (χ1) is 10.8. The number of aliphatic hydroxyl groups excluding tert-OH is 1. The number of aliphatic hydroxyl groups is 1. The largest absolute Gasteiger partial charge is 0.395 e. The fourth-order valence-corrected chi connectivity index (χ4v) is 1.41. The van der Waals surface area contributed by atoms with Crippen LogP contribution in [-0.2, 0) is 6.54 Å². The summed E-state index contributed by atoms with van der Waals surface area (Å²) in [5.41, 5.74) is 1.13. The molecule has 0 aliphatic rings. The smallest absolute Gasteiger partial charge is 0.160 e. The van der Waals surface area contributed by atoms with Crippen molar-refractivity contribution in [2.75, 3.05) is 13.7 Å². The van der Waals surface area contributed by atoms with Crippen LogP contribution in [0.5, 0.6) is 0 Å². The van der Waals surface area contributed by atoms with Crippen molar-refractivity contribution in [3.05, 3.63) is 66.6 Å². The quantitative estimate of drug-likeness (QED) is 0.251. The molecule has 7 nitrogen and oxygen atoms in total. The van der Waals surface area contributed by atoms with Crippen LogP contribution >= 0.6 is 0 Å². The molecule has 1 aromatic rings. The van der Waals surface area contributed by atoms with E-state index in [1.165, 1.54) is 6.34 Å². The zero-order valence-electron chi connectivity index (χ0n) is 12.5. The van der Waals surface area contributed by atoms with Crippen LogP contribution in [0.2, 0.25) is 0 Å². The highest BCUT2D eigenvalue weighted by molar-refractivity contribution is 5.54. The summed E-state index contributed by atoms with van der Waals surface area (Å²) in [4.78, 5) is 0. The van der Waals surface area contributed by atoms with Crippen LogP contribution in [-0.4, -0.2) is 29.7 Å². The Kier molecular flexibility index (Phi) is 8.57. The monoisotopic (exact) mass is 300 g/mol. The summed E-state index contributed by atoms with van der Waals surface area (Å²) in [5.74, 6) is 0. The summed E-state index contributed by atoms with van der Waals surface area (Å²) in [6.07, 6.45) is 10.2. The Bertz CT molecular complexity index is 639. The van der Waals surface area contributed by atoms with Gasteiger partial charge in [-0.15, -0.1) is 15.3 Å². The Morgan fingerprint density at radius 2 is 2.27 bits per heavy atom. The van der Waals surface area contributed by atoms with Crippen molar-refractivity contribution in [2.24, 2.45) is 20.4 Å². The van der Waals surface area contributed by atoms with Gasteiger partial charge >= 0.3 is 0 Å². The second-order valence-corrected chi connectivity index (χ2v) is 4.02. The molecule has 0 amide bonds. The molecule has 0 unspecified atom stereocenters. The molecule has 1 rings (SSSR count). The topological polar surface area (TPSA) is 86.6 Å². The first kappa shape index (κ1) is 17.3. The first-order valence-corrected chi connectivity index (χ1v) is 6.70. The Balaban J connectivity index is 2.61. The van der Waals surface area contributed by atoms with E-state index >= 15 is 0 Å². The van der Waals surface area contributed by atoms with E-state index in [-0.39, 0.29) is 6.61 Å². The number of hydrogen-bond donors (Lipinski definition) is 2. The minimum Gasteiger partial charge on any atom is -0.395 e. The lowest BCUT2D eigenvalue weighted by Gasteiger charge is -2.02. The van der Waals surface area contributed by atoms with E-state index in [0.29, 0.717) is 17.7 Å². The molecule has 0 fully saturated rings. The Morgan fingerprint density at radius 1 is 1.41 bits per heavy atom. The molecule has 0 aromatic carbocycles. The van der Waals surface area contributed by atoms with Crippen LogP contribution in [0.15, 0.2) is 81.5 Å². The van der Waals surface area contributed by atoms with Crippen molar-refractivity contribution in [1.82, 2.24) is 9.88 Å². The van der Waals surface area contributed by atoms with Gasteiger partial charge < -0.3 is 15.0 Å². The zero-order chi connectivity index (χ0) is 16.0. The SMILES string of the molecule is C=C(/C=C\C=C/NC)/N=N/C=N/N=c1\ccccn1CCO. The number of pyridine rings is 1. The van der Waals surface area contributed by atoms with Gasteiger partial charge in [-0.1, -0.05) is 18.7 Å². The van der Waals surface area contributed by atoms with Crippen LogP contribution < -0.4 is 10.8 Å². The highest BCUT2D eigenvalue weighted by atomic mass is 16.3. The normalized spacial score (nSPS) is 13.1. The summed E-state index contributed by atoms with van der Waals surface area (Å²) < 4.78 is 1.78. The summed E-state index contributed by atoms with van der Waals surface area (Å²) in [7, 11) is 1.82. The van der Waals surface area contributed by atoms with Gasteiger partial charge in [0, 0.05) is 19.8 Å². The van der Waals surface area contributed by atoms with Gasteiger partial charge in [-0.05, 0) is 30.5 Å². The van der Waals surface area contributed by atoms with Gasteiger partial charge in [0.05, 0.1) is 12.3 Å². The highest BCUT2D eigenvalue weighted by Crippen LogP contribution is 1.95. The van der Waals surface area contributed by atoms with E-state index in [4.69, 9.17) is 5.11 Å². The van der Waals surface area contributed by atoms with Crippen molar-refractivity contribution in [3.63, 3.8) is 0 Å². The van der Waals surface area contributed by atoms with E-state index in [1.807, 2.05) is 31.5 Å². The molecular formula is C15H20N6O. The lowest BCUT2D eigenvalue weighted by atomic mass is 10.4. The number of hydrogen-bond acceptors (Lipinski definition) is 5.